The number of halogens is 1. The van der Waals surface area contributed by atoms with E-state index in [1.54, 1.807) is 12.1 Å². The standard InChI is InChI=1S/C16H12FN5O3S2/c1-18-14(23)9-5-6-13(12(7-9)22(24)25)26-16-21-20-15(27-16)19-11-4-2-3-10(17)8-11/h2-8H,1H3,(H,18,23)(H,19,20). The van der Waals surface area contributed by atoms with Gasteiger partial charge in [0.2, 0.25) is 5.13 Å². The van der Waals surface area contributed by atoms with Gasteiger partial charge in [-0.3, -0.25) is 14.9 Å². The summed E-state index contributed by atoms with van der Waals surface area (Å²) in [6.07, 6.45) is 0. The molecule has 11 heteroatoms. The van der Waals surface area contributed by atoms with Crippen LogP contribution in [0, 0.1) is 15.9 Å². The van der Waals surface area contributed by atoms with E-state index in [4.69, 9.17) is 0 Å². The number of amides is 1. The molecular formula is C16H12FN5O3S2. The molecule has 0 radical (unpaired) electrons. The van der Waals surface area contributed by atoms with Gasteiger partial charge in [0.15, 0.2) is 4.34 Å². The van der Waals surface area contributed by atoms with Gasteiger partial charge < -0.3 is 10.6 Å². The lowest BCUT2D eigenvalue weighted by Crippen LogP contribution is -2.17. The fraction of sp³-hybridized carbons (Fsp3) is 0.0625. The summed E-state index contributed by atoms with van der Waals surface area (Å²) in [6.45, 7) is 0. The summed E-state index contributed by atoms with van der Waals surface area (Å²) in [7, 11) is 1.45. The Hall–Kier alpha value is -3.05. The van der Waals surface area contributed by atoms with Gasteiger partial charge in [-0.1, -0.05) is 17.4 Å². The van der Waals surface area contributed by atoms with E-state index in [0.717, 1.165) is 11.8 Å². The number of rotatable bonds is 6. The summed E-state index contributed by atoms with van der Waals surface area (Å²) >= 11 is 2.23. The number of hydrogen-bond donors (Lipinski definition) is 2. The molecule has 0 bridgehead atoms. The van der Waals surface area contributed by atoms with Crippen LogP contribution in [0.3, 0.4) is 0 Å². The molecule has 0 fully saturated rings. The molecule has 1 amide bonds. The van der Waals surface area contributed by atoms with Crippen molar-refractivity contribution in [1.82, 2.24) is 15.5 Å². The topological polar surface area (TPSA) is 110 Å². The number of hydrogen-bond acceptors (Lipinski definition) is 8. The predicted molar refractivity (Wildman–Crippen MR) is 100 cm³/mol. The Bertz CT molecular complexity index is 1010. The lowest BCUT2D eigenvalue weighted by molar-refractivity contribution is -0.387. The van der Waals surface area contributed by atoms with Crippen molar-refractivity contribution in [3.63, 3.8) is 0 Å². The molecule has 138 valence electrons. The Morgan fingerprint density at radius 2 is 2.07 bits per heavy atom. The molecule has 2 aromatic carbocycles. The number of nitrogens with zero attached hydrogens (tertiary/aromatic N) is 3. The van der Waals surface area contributed by atoms with Crippen molar-refractivity contribution in [2.24, 2.45) is 0 Å². The van der Waals surface area contributed by atoms with Crippen LogP contribution in [0.15, 0.2) is 51.7 Å². The van der Waals surface area contributed by atoms with E-state index in [1.165, 1.54) is 48.7 Å². The minimum atomic E-state index is -0.554. The number of nitro groups is 1. The number of carbonyl (C=O) groups is 1. The highest BCUT2D eigenvalue weighted by Crippen LogP contribution is 2.38. The van der Waals surface area contributed by atoms with Crippen molar-refractivity contribution in [3.05, 3.63) is 64.0 Å². The molecule has 0 aliphatic rings. The van der Waals surface area contributed by atoms with E-state index in [2.05, 4.69) is 20.8 Å². The fourth-order valence-corrected chi connectivity index (χ4v) is 3.93. The highest BCUT2D eigenvalue weighted by Gasteiger charge is 2.19. The monoisotopic (exact) mass is 405 g/mol. The maximum Gasteiger partial charge on any atom is 0.284 e. The Labute approximate surface area is 161 Å². The minimum Gasteiger partial charge on any atom is -0.355 e. The van der Waals surface area contributed by atoms with E-state index in [-0.39, 0.29) is 17.1 Å². The zero-order valence-corrected chi connectivity index (χ0v) is 15.4. The van der Waals surface area contributed by atoms with Gasteiger partial charge in [-0.25, -0.2) is 4.39 Å². The maximum atomic E-state index is 13.2. The number of nitro benzene ring substituents is 1. The van der Waals surface area contributed by atoms with Gasteiger partial charge in [0.1, 0.15) is 5.82 Å². The quantitative estimate of drug-likeness (QED) is 0.473. The molecule has 27 heavy (non-hydrogen) atoms. The molecule has 0 spiro atoms. The summed E-state index contributed by atoms with van der Waals surface area (Å²) in [5.74, 6) is -0.793. The third kappa shape index (κ3) is 4.57. The molecule has 1 aromatic heterocycles. The van der Waals surface area contributed by atoms with Crippen molar-refractivity contribution in [2.45, 2.75) is 9.24 Å². The molecule has 0 atom stereocenters. The van der Waals surface area contributed by atoms with Crippen LogP contribution >= 0.6 is 23.1 Å². The summed E-state index contributed by atoms with van der Waals surface area (Å²) in [5, 5.41) is 25.0. The average Bonchev–Trinajstić information content (AvgIpc) is 3.08. The summed E-state index contributed by atoms with van der Waals surface area (Å²) in [5.41, 5.74) is 0.513. The van der Waals surface area contributed by atoms with Gasteiger partial charge in [-0.05, 0) is 42.1 Å². The van der Waals surface area contributed by atoms with E-state index in [1.807, 2.05) is 0 Å². The fourth-order valence-electron chi connectivity index (χ4n) is 2.12. The lowest BCUT2D eigenvalue weighted by atomic mass is 10.2. The molecule has 1 heterocycles. The first-order valence-corrected chi connectivity index (χ1v) is 9.14. The van der Waals surface area contributed by atoms with Crippen molar-refractivity contribution in [3.8, 4) is 0 Å². The van der Waals surface area contributed by atoms with Crippen LogP contribution < -0.4 is 10.6 Å². The Kier molecular flexibility index (Phi) is 5.62. The zero-order valence-electron chi connectivity index (χ0n) is 13.8. The second kappa shape index (κ2) is 8.10. The highest BCUT2D eigenvalue weighted by molar-refractivity contribution is 8.01. The van der Waals surface area contributed by atoms with Crippen molar-refractivity contribution < 1.29 is 14.1 Å². The van der Waals surface area contributed by atoms with E-state index < -0.39 is 10.8 Å². The van der Waals surface area contributed by atoms with Crippen LogP contribution in [0.25, 0.3) is 0 Å². The number of benzene rings is 2. The van der Waals surface area contributed by atoms with Gasteiger partial charge in [0.05, 0.1) is 9.82 Å². The van der Waals surface area contributed by atoms with Gasteiger partial charge in [0, 0.05) is 24.4 Å². The largest absolute Gasteiger partial charge is 0.355 e. The Morgan fingerprint density at radius 3 is 2.78 bits per heavy atom. The van der Waals surface area contributed by atoms with Crippen molar-refractivity contribution >= 4 is 45.5 Å². The maximum absolute atomic E-state index is 13.2. The summed E-state index contributed by atoms with van der Waals surface area (Å²) < 4.78 is 13.7. The molecular weight excluding hydrogens is 393 g/mol. The molecule has 3 aromatic rings. The molecule has 2 N–H and O–H groups in total. The molecule has 0 unspecified atom stereocenters. The first-order chi connectivity index (χ1) is 13.0. The zero-order chi connectivity index (χ0) is 19.4. The normalized spacial score (nSPS) is 10.4. The number of nitrogens with one attached hydrogen (secondary N) is 2. The first-order valence-electron chi connectivity index (χ1n) is 7.50. The first kappa shape index (κ1) is 18.7. The number of anilines is 2. The van der Waals surface area contributed by atoms with Crippen LogP contribution in [0.4, 0.5) is 20.9 Å². The Balaban J connectivity index is 1.80. The van der Waals surface area contributed by atoms with Crippen LogP contribution in [-0.4, -0.2) is 28.1 Å². The van der Waals surface area contributed by atoms with Crippen LogP contribution in [-0.2, 0) is 0 Å². The summed E-state index contributed by atoms with van der Waals surface area (Å²) in [6, 6.07) is 10.1. The van der Waals surface area contributed by atoms with Gasteiger partial charge in [0.25, 0.3) is 11.6 Å². The Morgan fingerprint density at radius 1 is 1.26 bits per heavy atom. The molecule has 3 rings (SSSR count). The predicted octanol–water partition coefficient (Wildman–Crippen LogP) is 3.84. The molecule has 0 aliphatic heterocycles. The third-order valence-corrected chi connectivity index (χ3v) is 5.28. The van der Waals surface area contributed by atoms with E-state index in [0.29, 0.717) is 20.1 Å². The van der Waals surface area contributed by atoms with Gasteiger partial charge >= 0.3 is 0 Å². The van der Waals surface area contributed by atoms with E-state index >= 15 is 0 Å². The minimum absolute atomic E-state index is 0.194. The third-order valence-electron chi connectivity index (χ3n) is 3.32. The van der Waals surface area contributed by atoms with Crippen LogP contribution in [0.1, 0.15) is 10.4 Å². The van der Waals surface area contributed by atoms with Crippen LogP contribution in [0.5, 0.6) is 0 Å². The van der Waals surface area contributed by atoms with Crippen molar-refractivity contribution in [1.29, 1.82) is 0 Å². The van der Waals surface area contributed by atoms with E-state index in [9.17, 15) is 19.3 Å². The smallest absolute Gasteiger partial charge is 0.284 e. The number of aromatic nitrogens is 2. The summed E-state index contributed by atoms with van der Waals surface area (Å²) in [4.78, 5) is 22.8. The van der Waals surface area contributed by atoms with Crippen LogP contribution in [0.2, 0.25) is 0 Å². The van der Waals surface area contributed by atoms with Gasteiger partial charge in [-0.15, -0.1) is 10.2 Å². The van der Waals surface area contributed by atoms with Gasteiger partial charge in [-0.2, -0.15) is 0 Å². The molecule has 0 aliphatic carbocycles. The molecule has 0 saturated carbocycles. The van der Waals surface area contributed by atoms with Crippen molar-refractivity contribution in [2.75, 3.05) is 12.4 Å². The second-order valence-corrected chi connectivity index (χ2v) is 7.40. The highest BCUT2D eigenvalue weighted by atomic mass is 32.2. The lowest BCUT2D eigenvalue weighted by Gasteiger charge is -2.03. The SMILES string of the molecule is CNC(=O)c1ccc(Sc2nnc(Nc3cccc(F)c3)s2)c([N+](=O)[O-])c1. The number of carbonyl (C=O) groups excluding carboxylic acids is 1. The second-order valence-electron chi connectivity index (χ2n) is 5.13. The average molecular weight is 405 g/mol. The molecule has 8 nitrogen and oxygen atoms in total. The molecule has 0 saturated heterocycles.